The summed E-state index contributed by atoms with van der Waals surface area (Å²) < 4.78 is 4.95. The van der Waals surface area contributed by atoms with E-state index in [0.717, 1.165) is 19.3 Å². The first-order valence-electron chi connectivity index (χ1n) is 4.75. The van der Waals surface area contributed by atoms with Crippen LogP contribution in [0.2, 0.25) is 0 Å². The predicted molar refractivity (Wildman–Crippen MR) is 44.0 cm³/mol. The molecule has 0 radical (unpaired) electrons. The smallest absolute Gasteiger partial charge is 0.306 e. The largest absolute Gasteiger partial charge is 0.481 e. The molecule has 4 heteroatoms. The molecule has 2 rings (SSSR count). The maximum Gasteiger partial charge on any atom is 0.306 e. The molecule has 4 nitrogen and oxygen atoms in total. The average molecular weight is 186 g/mol. The monoisotopic (exact) mass is 186 g/mol. The van der Waals surface area contributed by atoms with Crippen molar-refractivity contribution < 1.29 is 19.7 Å². The van der Waals surface area contributed by atoms with Crippen molar-refractivity contribution in [2.24, 2.45) is 11.8 Å². The van der Waals surface area contributed by atoms with E-state index in [1.165, 1.54) is 0 Å². The second-order valence-corrected chi connectivity index (χ2v) is 3.95. The van der Waals surface area contributed by atoms with E-state index in [1.807, 2.05) is 0 Å². The van der Waals surface area contributed by atoms with Gasteiger partial charge < -0.3 is 14.9 Å². The lowest BCUT2D eigenvalue weighted by atomic mass is 9.80. The summed E-state index contributed by atoms with van der Waals surface area (Å²) in [4.78, 5) is 10.7. The van der Waals surface area contributed by atoms with Crippen LogP contribution in [-0.2, 0) is 9.53 Å². The summed E-state index contributed by atoms with van der Waals surface area (Å²) in [6.07, 6.45) is 2.66. The normalized spacial score (nSPS) is 44.4. The summed E-state index contributed by atoms with van der Waals surface area (Å²) in [5.74, 6) is -0.681. The van der Waals surface area contributed by atoms with E-state index in [2.05, 4.69) is 0 Å². The standard InChI is InChI=1S/C9H14O4/c10-8(11)6-3-1-2-5(4-6)7-9(12)13-7/h5-7,9,12H,1-4H2,(H,10,11). The van der Waals surface area contributed by atoms with Crippen LogP contribution in [0, 0.1) is 11.8 Å². The Labute approximate surface area is 76.5 Å². The molecule has 1 heterocycles. The van der Waals surface area contributed by atoms with Crippen molar-refractivity contribution >= 4 is 5.97 Å². The van der Waals surface area contributed by atoms with Crippen molar-refractivity contribution in [1.29, 1.82) is 0 Å². The molecular formula is C9H14O4. The van der Waals surface area contributed by atoms with E-state index in [4.69, 9.17) is 14.9 Å². The first-order valence-corrected chi connectivity index (χ1v) is 4.75. The molecular weight excluding hydrogens is 172 g/mol. The molecule has 0 bridgehead atoms. The van der Waals surface area contributed by atoms with Gasteiger partial charge in [-0.3, -0.25) is 4.79 Å². The molecule has 0 amide bonds. The quantitative estimate of drug-likeness (QED) is 0.619. The first-order chi connectivity index (χ1) is 6.18. The fourth-order valence-electron chi connectivity index (χ4n) is 2.21. The van der Waals surface area contributed by atoms with Gasteiger partial charge in [0.05, 0.1) is 5.92 Å². The Balaban J connectivity index is 1.89. The van der Waals surface area contributed by atoms with Crippen LogP contribution in [0.15, 0.2) is 0 Å². The van der Waals surface area contributed by atoms with E-state index in [-0.39, 0.29) is 17.9 Å². The van der Waals surface area contributed by atoms with Gasteiger partial charge >= 0.3 is 5.97 Å². The van der Waals surface area contributed by atoms with Crippen LogP contribution in [0.5, 0.6) is 0 Å². The van der Waals surface area contributed by atoms with Gasteiger partial charge in [0.2, 0.25) is 0 Å². The number of aliphatic hydroxyl groups is 1. The molecule has 1 saturated carbocycles. The van der Waals surface area contributed by atoms with Crippen LogP contribution >= 0.6 is 0 Å². The van der Waals surface area contributed by atoms with Gasteiger partial charge in [0.15, 0.2) is 6.29 Å². The molecule has 74 valence electrons. The van der Waals surface area contributed by atoms with Crippen LogP contribution < -0.4 is 0 Å². The number of carbonyl (C=O) groups is 1. The second-order valence-electron chi connectivity index (χ2n) is 3.95. The van der Waals surface area contributed by atoms with Crippen molar-refractivity contribution in [3.05, 3.63) is 0 Å². The molecule has 2 fully saturated rings. The summed E-state index contributed by atoms with van der Waals surface area (Å²) in [7, 11) is 0. The van der Waals surface area contributed by atoms with Gasteiger partial charge in [-0.05, 0) is 25.2 Å². The molecule has 1 aliphatic heterocycles. The Morgan fingerprint density at radius 1 is 1.38 bits per heavy atom. The number of carboxylic acid groups (broad SMARTS) is 1. The van der Waals surface area contributed by atoms with Gasteiger partial charge in [-0.15, -0.1) is 0 Å². The van der Waals surface area contributed by atoms with E-state index in [0.29, 0.717) is 6.42 Å². The Bertz CT molecular complexity index is 216. The van der Waals surface area contributed by atoms with E-state index < -0.39 is 12.3 Å². The summed E-state index contributed by atoms with van der Waals surface area (Å²) in [5, 5.41) is 17.9. The number of rotatable bonds is 2. The van der Waals surface area contributed by atoms with Gasteiger partial charge in [-0.25, -0.2) is 0 Å². The molecule has 0 aromatic rings. The molecule has 2 aliphatic rings. The summed E-state index contributed by atoms with van der Waals surface area (Å²) in [6, 6.07) is 0. The number of aliphatic carboxylic acids is 1. The zero-order chi connectivity index (χ0) is 9.42. The molecule has 0 aromatic heterocycles. The number of carboxylic acids is 1. The first kappa shape index (κ1) is 8.97. The molecule has 1 aliphatic carbocycles. The number of epoxide rings is 1. The van der Waals surface area contributed by atoms with Crippen molar-refractivity contribution in [3.8, 4) is 0 Å². The van der Waals surface area contributed by atoms with Crippen molar-refractivity contribution in [2.45, 2.75) is 38.1 Å². The second kappa shape index (κ2) is 3.27. The number of ether oxygens (including phenoxy) is 1. The van der Waals surface area contributed by atoms with Crippen LogP contribution in [0.4, 0.5) is 0 Å². The molecule has 0 aromatic carbocycles. The zero-order valence-corrected chi connectivity index (χ0v) is 7.35. The number of hydrogen-bond acceptors (Lipinski definition) is 3. The highest BCUT2D eigenvalue weighted by molar-refractivity contribution is 5.70. The lowest BCUT2D eigenvalue weighted by Gasteiger charge is -2.24. The average Bonchev–Trinajstić information content (AvgIpc) is 2.83. The minimum Gasteiger partial charge on any atom is -0.481 e. The minimum atomic E-state index is -0.708. The van der Waals surface area contributed by atoms with Crippen LogP contribution in [0.25, 0.3) is 0 Å². The maximum absolute atomic E-state index is 10.7. The number of aliphatic hydroxyl groups excluding tert-OH is 1. The van der Waals surface area contributed by atoms with Gasteiger partial charge in [0.1, 0.15) is 6.10 Å². The highest BCUT2D eigenvalue weighted by Gasteiger charge is 2.45. The molecule has 13 heavy (non-hydrogen) atoms. The lowest BCUT2D eigenvalue weighted by molar-refractivity contribution is -0.143. The topological polar surface area (TPSA) is 70.1 Å². The van der Waals surface area contributed by atoms with Gasteiger partial charge in [0.25, 0.3) is 0 Å². The van der Waals surface area contributed by atoms with E-state index in [1.54, 1.807) is 0 Å². The van der Waals surface area contributed by atoms with Gasteiger partial charge in [-0.1, -0.05) is 6.42 Å². The summed E-state index contributed by atoms with van der Waals surface area (Å²) in [6.45, 7) is 0. The molecule has 2 N–H and O–H groups in total. The van der Waals surface area contributed by atoms with Crippen LogP contribution in [0.1, 0.15) is 25.7 Å². The Morgan fingerprint density at radius 3 is 2.62 bits per heavy atom. The van der Waals surface area contributed by atoms with Crippen molar-refractivity contribution in [2.75, 3.05) is 0 Å². The maximum atomic E-state index is 10.7. The minimum absolute atomic E-state index is 0.0813. The third-order valence-electron chi connectivity index (χ3n) is 3.03. The fourth-order valence-corrected chi connectivity index (χ4v) is 2.21. The molecule has 1 saturated heterocycles. The predicted octanol–water partition coefficient (Wildman–Crippen LogP) is 0.595. The van der Waals surface area contributed by atoms with Gasteiger partial charge in [0, 0.05) is 0 Å². The molecule has 0 spiro atoms. The Hall–Kier alpha value is -0.610. The Kier molecular flexibility index (Phi) is 2.26. The lowest BCUT2D eigenvalue weighted by Crippen LogP contribution is -2.25. The zero-order valence-electron chi connectivity index (χ0n) is 7.35. The highest BCUT2D eigenvalue weighted by Crippen LogP contribution is 2.39. The third kappa shape index (κ3) is 1.84. The SMILES string of the molecule is O=C(O)C1CCCC(C2OC2O)C1. The van der Waals surface area contributed by atoms with Crippen LogP contribution in [-0.4, -0.2) is 28.6 Å². The summed E-state index contributed by atoms with van der Waals surface area (Å²) >= 11 is 0. The number of hydrogen-bond donors (Lipinski definition) is 2. The molecule has 4 unspecified atom stereocenters. The fraction of sp³-hybridized carbons (Fsp3) is 0.889. The molecule has 4 atom stereocenters. The van der Waals surface area contributed by atoms with Crippen LogP contribution in [0.3, 0.4) is 0 Å². The Morgan fingerprint density at radius 2 is 2.08 bits per heavy atom. The van der Waals surface area contributed by atoms with E-state index >= 15 is 0 Å². The third-order valence-corrected chi connectivity index (χ3v) is 3.03. The van der Waals surface area contributed by atoms with Crippen molar-refractivity contribution in [3.63, 3.8) is 0 Å². The van der Waals surface area contributed by atoms with Crippen molar-refractivity contribution in [1.82, 2.24) is 0 Å². The summed E-state index contributed by atoms with van der Waals surface area (Å²) in [5.41, 5.74) is 0. The highest BCUT2D eigenvalue weighted by atomic mass is 16.7. The van der Waals surface area contributed by atoms with E-state index in [9.17, 15) is 4.79 Å². The van der Waals surface area contributed by atoms with Gasteiger partial charge in [-0.2, -0.15) is 0 Å².